The number of hydrogen-bond acceptors (Lipinski definition) is 3. The topological polar surface area (TPSA) is 35.6 Å². The number of nitrogens with zero attached hydrogens (tertiary/aromatic N) is 2. The Hall–Kier alpha value is -0.610. The van der Waals surface area contributed by atoms with Crippen molar-refractivity contribution in [2.45, 2.75) is 40.0 Å². The van der Waals surface area contributed by atoms with Crippen molar-refractivity contribution in [3.63, 3.8) is 0 Å². The van der Waals surface area contributed by atoms with Crippen LogP contribution in [0, 0.1) is 11.3 Å². The smallest absolute Gasteiger partial charge is 0.225 e. The lowest BCUT2D eigenvalue weighted by atomic mass is 9.87. The largest absolute Gasteiger partial charge is 0.343 e. The van der Waals surface area contributed by atoms with Crippen molar-refractivity contribution in [2.24, 2.45) is 11.3 Å². The standard InChI is InChI=1S/C16H31N3O/c1-4-19(5-2)15(20)14-6-10-18(11-7-14)13-16(3)8-9-17-12-16/h14,17H,4-13H2,1-3H3. The minimum atomic E-state index is 0.264. The molecule has 20 heavy (non-hydrogen) atoms. The first-order chi connectivity index (χ1) is 9.58. The van der Waals surface area contributed by atoms with Crippen LogP contribution < -0.4 is 5.32 Å². The summed E-state index contributed by atoms with van der Waals surface area (Å²) < 4.78 is 0. The lowest BCUT2D eigenvalue weighted by Gasteiger charge is -2.37. The molecule has 2 aliphatic heterocycles. The summed E-state index contributed by atoms with van der Waals surface area (Å²) in [5, 5.41) is 3.47. The van der Waals surface area contributed by atoms with Crippen LogP contribution in [0.1, 0.15) is 40.0 Å². The molecule has 0 aromatic heterocycles. The lowest BCUT2D eigenvalue weighted by molar-refractivity contribution is -0.136. The van der Waals surface area contributed by atoms with Crippen molar-refractivity contribution in [1.82, 2.24) is 15.1 Å². The summed E-state index contributed by atoms with van der Waals surface area (Å²) in [6.45, 7) is 13.9. The zero-order chi connectivity index (χ0) is 14.6. The van der Waals surface area contributed by atoms with Gasteiger partial charge in [0.25, 0.3) is 0 Å². The van der Waals surface area contributed by atoms with Gasteiger partial charge in [-0.25, -0.2) is 0 Å². The van der Waals surface area contributed by atoms with E-state index in [0.717, 1.165) is 52.1 Å². The maximum Gasteiger partial charge on any atom is 0.225 e. The molecule has 1 N–H and O–H groups in total. The zero-order valence-electron chi connectivity index (χ0n) is 13.5. The van der Waals surface area contributed by atoms with Crippen molar-refractivity contribution < 1.29 is 4.79 Å². The van der Waals surface area contributed by atoms with Crippen molar-refractivity contribution in [3.8, 4) is 0 Å². The van der Waals surface area contributed by atoms with E-state index in [4.69, 9.17) is 0 Å². The van der Waals surface area contributed by atoms with Crippen LogP contribution >= 0.6 is 0 Å². The number of piperidine rings is 1. The van der Waals surface area contributed by atoms with Gasteiger partial charge < -0.3 is 15.1 Å². The third kappa shape index (κ3) is 3.73. The lowest BCUT2D eigenvalue weighted by Crippen LogP contribution is -2.45. The molecule has 2 heterocycles. The summed E-state index contributed by atoms with van der Waals surface area (Å²) in [4.78, 5) is 16.9. The minimum Gasteiger partial charge on any atom is -0.343 e. The van der Waals surface area contributed by atoms with Crippen molar-refractivity contribution in [3.05, 3.63) is 0 Å². The highest BCUT2D eigenvalue weighted by atomic mass is 16.2. The molecule has 0 aromatic rings. The fourth-order valence-corrected chi connectivity index (χ4v) is 3.68. The second kappa shape index (κ2) is 6.90. The van der Waals surface area contributed by atoms with Crippen LogP contribution in [0.15, 0.2) is 0 Å². The Kier molecular flexibility index (Phi) is 5.44. The fourth-order valence-electron chi connectivity index (χ4n) is 3.68. The van der Waals surface area contributed by atoms with Gasteiger partial charge in [0.05, 0.1) is 0 Å². The van der Waals surface area contributed by atoms with E-state index in [1.165, 1.54) is 13.0 Å². The highest BCUT2D eigenvalue weighted by Gasteiger charge is 2.33. The molecule has 0 aromatic carbocycles. The van der Waals surface area contributed by atoms with Gasteiger partial charge in [0.2, 0.25) is 5.91 Å². The molecule has 2 fully saturated rings. The Morgan fingerprint density at radius 2 is 1.95 bits per heavy atom. The Morgan fingerprint density at radius 1 is 1.30 bits per heavy atom. The van der Waals surface area contributed by atoms with Crippen molar-refractivity contribution in [2.75, 3.05) is 45.8 Å². The first-order valence-corrected chi connectivity index (χ1v) is 8.30. The number of rotatable bonds is 5. The van der Waals surface area contributed by atoms with Gasteiger partial charge in [-0.05, 0) is 58.2 Å². The van der Waals surface area contributed by atoms with Gasteiger partial charge in [-0.1, -0.05) is 6.92 Å². The molecular weight excluding hydrogens is 250 g/mol. The second-order valence-electron chi connectivity index (χ2n) is 6.80. The average Bonchev–Trinajstić information content (AvgIpc) is 2.87. The van der Waals surface area contributed by atoms with E-state index in [1.54, 1.807) is 0 Å². The molecule has 1 atom stereocenters. The van der Waals surface area contributed by atoms with Crippen molar-refractivity contribution >= 4 is 5.91 Å². The van der Waals surface area contributed by atoms with Gasteiger partial charge in [-0.2, -0.15) is 0 Å². The fraction of sp³-hybridized carbons (Fsp3) is 0.938. The predicted octanol–water partition coefficient (Wildman–Crippen LogP) is 1.57. The number of carbonyl (C=O) groups excluding carboxylic acids is 1. The van der Waals surface area contributed by atoms with Crippen LogP contribution in [0.3, 0.4) is 0 Å². The third-order valence-electron chi connectivity index (χ3n) is 5.07. The Labute approximate surface area is 123 Å². The molecule has 4 nitrogen and oxygen atoms in total. The van der Waals surface area contributed by atoms with E-state index in [9.17, 15) is 4.79 Å². The summed E-state index contributed by atoms with van der Waals surface area (Å²) in [5.41, 5.74) is 0.440. The number of nitrogens with one attached hydrogen (secondary N) is 1. The van der Waals surface area contributed by atoms with Gasteiger partial charge in [-0.3, -0.25) is 4.79 Å². The van der Waals surface area contributed by atoms with Crippen LogP contribution in [-0.2, 0) is 4.79 Å². The van der Waals surface area contributed by atoms with Crippen molar-refractivity contribution in [1.29, 1.82) is 0 Å². The molecule has 0 bridgehead atoms. The van der Waals surface area contributed by atoms with Crippen LogP contribution in [0.5, 0.6) is 0 Å². The van der Waals surface area contributed by atoms with Gasteiger partial charge in [0, 0.05) is 32.1 Å². The summed E-state index contributed by atoms with van der Waals surface area (Å²) in [7, 11) is 0. The predicted molar refractivity (Wildman–Crippen MR) is 82.7 cm³/mol. The first kappa shape index (κ1) is 15.8. The van der Waals surface area contributed by atoms with E-state index >= 15 is 0 Å². The van der Waals surface area contributed by atoms with E-state index in [0.29, 0.717) is 11.3 Å². The zero-order valence-corrected chi connectivity index (χ0v) is 13.5. The molecule has 2 rings (SSSR count). The first-order valence-electron chi connectivity index (χ1n) is 8.30. The molecule has 2 saturated heterocycles. The second-order valence-corrected chi connectivity index (χ2v) is 6.80. The van der Waals surface area contributed by atoms with Gasteiger partial charge in [-0.15, -0.1) is 0 Å². The highest BCUT2D eigenvalue weighted by molar-refractivity contribution is 5.78. The number of carbonyl (C=O) groups is 1. The molecule has 116 valence electrons. The quantitative estimate of drug-likeness (QED) is 0.831. The molecule has 4 heteroatoms. The molecule has 2 aliphatic rings. The maximum atomic E-state index is 12.4. The normalized spacial score (nSPS) is 28.8. The number of amides is 1. The van der Waals surface area contributed by atoms with E-state index < -0.39 is 0 Å². The van der Waals surface area contributed by atoms with E-state index in [1.807, 2.05) is 4.90 Å². The summed E-state index contributed by atoms with van der Waals surface area (Å²) in [6, 6.07) is 0. The van der Waals surface area contributed by atoms with Gasteiger partial charge >= 0.3 is 0 Å². The number of hydrogen-bond donors (Lipinski definition) is 1. The molecule has 0 aliphatic carbocycles. The SMILES string of the molecule is CCN(CC)C(=O)C1CCN(CC2(C)CCNC2)CC1. The molecule has 0 radical (unpaired) electrons. The average molecular weight is 281 g/mol. The Balaban J connectivity index is 1.78. The molecule has 0 saturated carbocycles. The molecule has 0 spiro atoms. The van der Waals surface area contributed by atoms with Gasteiger partial charge in [0.1, 0.15) is 0 Å². The van der Waals surface area contributed by atoms with Crippen LogP contribution in [-0.4, -0.2) is 61.5 Å². The Morgan fingerprint density at radius 3 is 2.45 bits per heavy atom. The van der Waals surface area contributed by atoms with Crippen LogP contribution in [0.25, 0.3) is 0 Å². The molecule has 1 unspecified atom stereocenters. The van der Waals surface area contributed by atoms with E-state index in [-0.39, 0.29) is 5.92 Å². The number of likely N-dealkylation sites (tertiary alicyclic amines) is 1. The van der Waals surface area contributed by atoms with Crippen LogP contribution in [0.4, 0.5) is 0 Å². The Bertz CT molecular complexity index is 314. The van der Waals surface area contributed by atoms with Gasteiger partial charge in [0.15, 0.2) is 0 Å². The molecule has 1 amide bonds. The minimum absolute atomic E-state index is 0.264. The third-order valence-corrected chi connectivity index (χ3v) is 5.07. The summed E-state index contributed by atoms with van der Waals surface area (Å²) in [5.74, 6) is 0.643. The molecular formula is C16H31N3O. The summed E-state index contributed by atoms with van der Waals surface area (Å²) in [6.07, 6.45) is 3.36. The van der Waals surface area contributed by atoms with Crippen LogP contribution in [0.2, 0.25) is 0 Å². The summed E-state index contributed by atoms with van der Waals surface area (Å²) >= 11 is 0. The van der Waals surface area contributed by atoms with E-state index in [2.05, 4.69) is 31.0 Å². The monoisotopic (exact) mass is 281 g/mol. The highest BCUT2D eigenvalue weighted by Crippen LogP contribution is 2.28. The maximum absolute atomic E-state index is 12.4.